The molecule has 128 valence electrons. The largest absolute Gasteiger partial charge is 0.470 e. The first-order valence-electron chi connectivity index (χ1n) is 8.27. The minimum Gasteiger partial charge on any atom is -0.470 e. The van der Waals surface area contributed by atoms with Gasteiger partial charge < -0.3 is 14.2 Å². The van der Waals surface area contributed by atoms with Crippen molar-refractivity contribution in [3.8, 4) is 5.88 Å². The summed E-state index contributed by atoms with van der Waals surface area (Å²) in [6.45, 7) is 2.88. The second kappa shape index (κ2) is 5.27. The van der Waals surface area contributed by atoms with E-state index in [9.17, 15) is 4.79 Å². The summed E-state index contributed by atoms with van der Waals surface area (Å²) < 4.78 is 12.8. The second-order valence-corrected chi connectivity index (χ2v) is 6.55. The maximum atomic E-state index is 12.4. The van der Waals surface area contributed by atoms with Gasteiger partial charge in [0.05, 0.1) is 13.1 Å². The van der Waals surface area contributed by atoms with Crippen molar-refractivity contribution in [3.63, 3.8) is 0 Å². The molecule has 0 spiro atoms. The van der Waals surface area contributed by atoms with Crippen LogP contribution in [0.2, 0.25) is 0 Å². The highest BCUT2D eigenvalue weighted by molar-refractivity contribution is 5.92. The van der Waals surface area contributed by atoms with Gasteiger partial charge in [0.1, 0.15) is 18.2 Å². The van der Waals surface area contributed by atoms with Gasteiger partial charge in [-0.15, -0.1) is 0 Å². The number of carbonyl (C=O) groups is 1. The molecule has 9 heteroatoms. The van der Waals surface area contributed by atoms with E-state index >= 15 is 0 Å². The van der Waals surface area contributed by atoms with Crippen LogP contribution < -0.4 is 4.74 Å². The van der Waals surface area contributed by atoms with Crippen LogP contribution in [-0.4, -0.2) is 54.7 Å². The summed E-state index contributed by atoms with van der Waals surface area (Å²) in [5, 5.41) is 8.01. The van der Waals surface area contributed by atoms with Gasteiger partial charge in [0.15, 0.2) is 5.69 Å². The summed E-state index contributed by atoms with van der Waals surface area (Å²) in [6, 6.07) is 3.57. The Bertz CT molecular complexity index is 954. The van der Waals surface area contributed by atoms with Crippen LogP contribution in [-0.2, 0) is 0 Å². The topological polar surface area (TPSA) is 98.7 Å². The molecule has 5 rings (SSSR count). The molecule has 1 saturated heterocycles. The van der Waals surface area contributed by atoms with Gasteiger partial charge in [-0.25, -0.2) is 4.98 Å². The van der Waals surface area contributed by atoms with Gasteiger partial charge in [-0.2, -0.15) is 14.6 Å². The molecule has 0 unspecified atom stereocenters. The van der Waals surface area contributed by atoms with E-state index in [-0.39, 0.29) is 12.0 Å². The Morgan fingerprint density at radius 2 is 2.16 bits per heavy atom. The van der Waals surface area contributed by atoms with E-state index in [1.165, 1.54) is 6.33 Å². The molecule has 25 heavy (non-hydrogen) atoms. The highest BCUT2D eigenvalue weighted by Crippen LogP contribution is 2.40. The standard InChI is InChI=1S/C16H16N6O3/c1-9-4-14(22-16(19-9)17-8-18-22)24-11-6-21(7-11)15(23)12-5-13(25-20-12)10-2-3-10/h4-5,8,10-11H,2-3,6-7H2,1H3. The van der Waals surface area contributed by atoms with Crippen molar-refractivity contribution in [1.82, 2.24) is 29.6 Å². The zero-order valence-corrected chi connectivity index (χ0v) is 13.6. The molecular formula is C16H16N6O3. The van der Waals surface area contributed by atoms with Crippen molar-refractivity contribution < 1.29 is 14.1 Å². The number of hydrogen-bond donors (Lipinski definition) is 0. The van der Waals surface area contributed by atoms with E-state index in [0.717, 1.165) is 24.3 Å². The first-order valence-corrected chi connectivity index (χ1v) is 8.27. The third-order valence-corrected chi connectivity index (χ3v) is 4.50. The molecule has 9 nitrogen and oxygen atoms in total. The van der Waals surface area contributed by atoms with E-state index in [0.29, 0.717) is 36.4 Å². The maximum Gasteiger partial charge on any atom is 0.276 e. The number of aromatic nitrogens is 5. The van der Waals surface area contributed by atoms with Crippen molar-refractivity contribution in [2.75, 3.05) is 13.1 Å². The Morgan fingerprint density at radius 1 is 1.32 bits per heavy atom. The lowest BCUT2D eigenvalue weighted by Crippen LogP contribution is -2.56. The van der Waals surface area contributed by atoms with Crippen LogP contribution in [0.5, 0.6) is 5.88 Å². The molecule has 3 aromatic rings. The molecule has 1 saturated carbocycles. The number of amides is 1. The number of fused-ring (bicyclic) bond motifs is 1. The van der Waals surface area contributed by atoms with Crippen LogP contribution >= 0.6 is 0 Å². The molecule has 1 amide bonds. The fraction of sp³-hybridized carbons (Fsp3) is 0.438. The molecular weight excluding hydrogens is 324 g/mol. The van der Waals surface area contributed by atoms with E-state index in [4.69, 9.17) is 9.26 Å². The Balaban J connectivity index is 1.25. The van der Waals surface area contributed by atoms with E-state index in [1.807, 2.05) is 13.0 Å². The minimum absolute atomic E-state index is 0.0899. The monoisotopic (exact) mass is 340 g/mol. The molecule has 0 bridgehead atoms. The highest BCUT2D eigenvalue weighted by atomic mass is 16.5. The number of nitrogens with zero attached hydrogens (tertiary/aromatic N) is 6. The fourth-order valence-corrected chi connectivity index (χ4v) is 2.94. The molecule has 2 fully saturated rings. The predicted octanol–water partition coefficient (Wildman–Crippen LogP) is 1.20. The second-order valence-electron chi connectivity index (χ2n) is 6.55. The van der Waals surface area contributed by atoms with Crippen molar-refractivity contribution >= 4 is 11.7 Å². The van der Waals surface area contributed by atoms with Crippen LogP contribution in [0.1, 0.15) is 40.7 Å². The number of carbonyl (C=O) groups excluding carboxylic acids is 1. The lowest BCUT2D eigenvalue weighted by molar-refractivity contribution is 0.0143. The summed E-state index contributed by atoms with van der Waals surface area (Å²) in [4.78, 5) is 22.5. The SMILES string of the molecule is Cc1cc(OC2CN(C(=O)c3cc(C4CC4)on3)C2)n2ncnc2n1. The zero-order chi connectivity index (χ0) is 17.0. The Hall–Kier alpha value is -2.97. The van der Waals surface area contributed by atoms with Crippen LogP contribution in [0.25, 0.3) is 5.78 Å². The first-order chi connectivity index (χ1) is 12.2. The molecule has 0 radical (unpaired) electrons. The van der Waals surface area contributed by atoms with Crippen LogP contribution in [0.15, 0.2) is 23.0 Å². The molecule has 0 atom stereocenters. The smallest absolute Gasteiger partial charge is 0.276 e. The quantitative estimate of drug-likeness (QED) is 0.703. The Kier molecular flexibility index (Phi) is 3.03. The molecule has 2 aliphatic rings. The predicted molar refractivity (Wildman–Crippen MR) is 84.3 cm³/mol. The van der Waals surface area contributed by atoms with Crippen LogP contribution in [0.3, 0.4) is 0 Å². The van der Waals surface area contributed by atoms with Gasteiger partial charge in [0.2, 0.25) is 5.88 Å². The van der Waals surface area contributed by atoms with Gasteiger partial charge >= 0.3 is 0 Å². The zero-order valence-electron chi connectivity index (χ0n) is 13.6. The number of ether oxygens (including phenoxy) is 1. The lowest BCUT2D eigenvalue weighted by Gasteiger charge is -2.38. The lowest BCUT2D eigenvalue weighted by atomic mass is 10.1. The third-order valence-electron chi connectivity index (χ3n) is 4.50. The number of likely N-dealkylation sites (tertiary alicyclic amines) is 1. The summed E-state index contributed by atoms with van der Waals surface area (Å²) in [7, 11) is 0. The summed E-state index contributed by atoms with van der Waals surface area (Å²) in [5.74, 6) is 2.22. The van der Waals surface area contributed by atoms with Crippen LogP contribution in [0, 0.1) is 6.92 Å². The van der Waals surface area contributed by atoms with Gasteiger partial charge in [-0.1, -0.05) is 5.16 Å². The summed E-state index contributed by atoms with van der Waals surface area (Å²) in [5.41, 5.74) is 1.18. The van der Waals surface area contributed by atoms with Gasteiger partial charge in [-0.3, -0.25) is 4.79 Å². The molecule has 0 N–H and O–H groups in total. The Labute approximate surface area is 142 Å². The van der Waals surface area contributed by atoms with E-state index in [1.54, 1.807) is 15.5 Å². The maximum absolute atomic E-state index is 12.4. The summed E-state index contributed by atoms with van der Waals surface area (Å²) in [6.07, 6.45) is 3.58. The average molecular weight is 340 g/mol. The fourth-order valence-electron chi connectivity index (χ4n) is 2.94. The molecule has 0 aromatic carbocycles. The number of rotatable bonds is 4. The number of hydrogen-bond acceptors (Lipinski definition) is 7. The molecule has 1 aliphatic carbocycles. The van der Waals surface area contributed by atoms with Crippen molar-refractivity contribution in [3.05, 3.63) is 35.6 Å². The van der Waals surface area contributed by atoms with E-state index < -0.39 is 0 Å². The Morgan fingerprint density at radius 3 is 2.96 bits per heavy atom. The summed E-state index contributed by atoms with van der Waals surface area (Å²) >= 11 is 0. The normalized spacial score (nSPS) is 17.7. The van der Waals surface area contributed by atoms with Crippen molar-refractivity contribution in [1.29, 1.82) is 0 Å². The third kappa shape index (κ3) is 2.51. The van der Waals surface area contributed by atoms with Crippen molar-refractivity contribution in [2.45, 2.75) is 31.8 Å². The highest BCUT2D eigenvalue weighted by Gasteiger charge is 2.36. The molecule has 4 heterocycles. The minimum atomic E-state index is -0.118. The van der Waals surface area contributed by atoms with Crippen molar-refractivity contribution in [2.24, 2.45) is 0 Å². The number of aryl methyl sites for hydroxylation is 1. The van der Waals surface area contributed by atoms with Crippen LogP contribution in [0.4, 0.5) is 0 Å². The van der Waals surface area contributed by atoms with Gasteiger partial charge in [-0.05, 0) is 19.8 Å². The first kappa shape index (κ1) is 14.4. The van der Waals surface area contributed by atoms with E-state index in [2.05, 4.69) is 20.2 Å². The van der Waals surface area contributed by atoms with Gasteiger partial charge in [0, 0.05) is 23.7 Å². The average Bonchev–Trinajstić information content (AvgIpc) is 3.09. The molecule has 3 aromatic heterocycles. The van der Waals surface area contributed by atoms with Gasteiger partial charge in [0.25, 0.3) is 11.7 Å². The molecule has 1 aliphatic heterocycles.